The molecule has 1 N–H and O–H groups in total. The predicted molar refractivity (Wildman–Crippen MR) is 36.4 cm³/mol. The Balaban J connectivity index is 2.54. The number of rotatable bonds is 1. The van der Waals surface area contributed by atoms with Crippen LogP contribution in [0.4, 0.5) is 0 Å². The Labute approximate surface area is 58.9 Å². The van der Waals surface area contributed by atoms with E-state index in [0.29, 0.717) is 13.1 Å². The lowest BCUT2D eigenvalue weighted by Crippen LogP contribution is -2.20. The molecule has 1 rings (SSSR count). The number of aliphatic hydroxyl groups is 1. The van der Waals surface area contributed by atoms with Gasteiger partial charge in [0.2, 0.25) is 0 Å². The second-order valence-corrected chi connectivity index (χ2v) is 2.56. The lowest BCUT2D eigenvalue weighted by atomic mass is 10.2. The summed E-state index contributed by atoms with van der Waals surface area (Å²) in [7, 11) is 1.89. The van der Waals surface area contributed by atoms with Crippen molar-refractivity contribution >= 4 is 0 Å². The van der Waals surface area contributed by atoms with Gasteiger partial charge in [0.05, 0.1) is 12.1 Å². The molecule has 56 valence electrons. The van der Waals surface area contributed by atoms with E-state index in [1.165, 1.54) is 0 Å². The first-order valence-corrected chi connectivity index (χ1v) is 3.15. The van der Waals surface area contributed by atoms with Gasteiger partial charge in [0.25, 0.3) is 0 Å². The van der Waals surface area contributed by atoms with Gasteiger partial charge in [-0.2, -0.15) is 0 Å². The number of β-amino-alcohol motifs (C(OH)–C–C–N with tert-alkyl or cyclic N) is 1. The first kappa shape index (κ1) is 7.34. The predicted octanol–water partition coefficient (Wildman–Crippen LogP) is -0.0284. The number of nitrogens with zero attached hydrogens (tertiary/aromatic N) is 4. The van der Waals surface area contributed by atoms with Crippen LogP contribution < -0.4 is 0 Å². The fourth-order valence-corrected chi connectivity index (χ4v) is 1.14. The summed E-state index contributed by atoms with van der Waals surface area (Å²) in [6, 6.07) is -0.255. The quantitative estimate of drug-likeness (QED) is 0.317. The Kier molecular flexibility index (Phi) is 2.11. The van der Waals surface area contributed by atoms with E-state index in [9.17, 15) is 5.11 Å². The van der Waals surface area contributed by atoms with Crippen LogP contribution in [-0.2, 0) is 0 Å². The van der Waals surface area contributed by atoms with Crippen molar-refractivity contribution in [3.05, 3.63) is 10.4 Å². The monoisotopic (exact) mass is 142 g/mol. The Morgan fingerprint density at radius 2 is 2.40 bits per heavy atom. The maximum absolute atomic E-state index is 9.18. The molecule has 1 aliphatic heterocycles. The van der Waals surface area contributed by atoms with Gasteiger partial charge in [-0.15, -0.1) is 0 Å². The number of hydrogen-bond donors (Lipinski definition) is 1. The van der Waals surface area contributed by atoms with E-state index in [1.807, 2.05) is 11.9 Å². The van der Waals surface area contributed by atoms with E-state index >= 15 is 0 Å². The summed E-state index contributed by atoms with van der Waals surface area (Å²) in [5.74, 6) is 0. The average molecular weight is 142 g/mol. The molecule has 1 heterocycles. The second kappa shape index (κ2) is 2.88. The molecule has 0 aliphatic carbocycles. The lowest BCUT2D eigenvalue weighted by Gasteiger charge is -2.02. The molecule has 0 unspecified atom stereocenters. The molecule has 2 atom stereocenters. The Morgan fingerprint density at radius 3 is 2.80 bits per heavy atom. The molecule has 5 heteroatoms. The van der Waals surface area contributed by atoms with Crippen LogP contribution in [-0.4, -0.2) is 42.3 Å². The largest absolute Gasteiger partial charge is 0.391 e. The molecule has 0 aromatic heterocycles. The SMILES string of the molecule is CN1C[C@@H](O)[C@H](N=[N+]=[N-])C1. The maximum Gasteiger partial charge on any atom is 0.0773 e. The molecule has 1 saturated heterocycles. The molecule has 1 aliphatic rings. The molecular formula is C5H10N4O. The summed E-state index contributed by atoms with van der Waals surface area (Å²) in [6.07, 6.45) is -0.485. The van der Waals surface area contributed by atoms with Gasteiger partial charge in [0.1, 0.15) is 0 Å². The highest BCUT2D eigenvalue weighted by atomic mass is 16.3. The van der Waals surface area contributed by atoms with E-state index in [1.54, 1.807) is 0 Å². The van der Waals surface area contributed by atoms with Gasteiger partial charge in [-0.3, -0.25) is 0 Å². The molecule has 0 aromatic rings. The van der Waals surface area contributed by atoms with E-state index < -0.39 is 6.10 Å². The van der Waals surface area contributed by atoms with Crippen molar-refractivity contribution in [1.29, 1.82) is 0 Å². The molecule has 1 fully saturated rings. The first-order valence-electron chi connectivity index (χ1n) is 3.15. The molecule has 0 amide bonds. The van der Waals surface area contributed by atoms with Gasteiger partial charge in [-0.25, -0.2) is 0 Å². The van der Waals surface area contributed by atoms with Gasteiger partial charge in [-0.05, 0) is 12.6 Å². The minimum absolute atomic E-state index is 0.255. The van der Waals surface area contributed by atoms with E-state index in [0.717, 1.165) is 0 Å². The molecule has 0 radical (unpaired) electrons. The van der Waals surface area contributed by atoms with E-state index in [4.69, 9.17) is 5.53 Å². The smallest absolute Gasteiger partial charge is 0.0773 e. The van der Waals surface area contributed by atoms with Gasteiger partial charge in [-0.1, -0.05) is 5.11 Å². The van der Waals surface area contributed by atoms with Crippen LogP contribution in [0.2, 0.25) is 0 Å². The maximum atomic E-state index is 9.18. The van der Waals surface area contributed by atoms with Crippen molar-refractivity contribution < 1.29 is 5.11 Å². The molecule has 5 nitrogen and oxygen atoms in total. The molecule has 0 spiro atoms. The third-order valence-corrected chi connectivity index (χ3v) is 1.64. The fraction of sp³-hybridized carbons (Fsp3) is 1.00. The fourth-order valence-electron chi connectivity index (χ4n) is 1.14. The number of aliphatic hydroxyl groups excluding tert-OH is 1. The topological polar surface area (TPSA) is 72.2 Å². The lowest BCUT2D eigenvalue weighted by molar-refractivity contribution is 0.169. The van der Waals surface area contributed by atoms with Crippen molar-refractivity contribution in [3.8, 4) is 0 Å². The van der Waals surface area contributed by atoms with Crippen molar-refractivity contribution in [2.24, 2.45) is 5.11 Å². The number of azide groups is 1. The van der Waals surface area contributed by atoms with Crippen LogP contribution in [0.5, 0.6) is 0 Å². The summed E-state index contributed by atoms with van der Waals surface area (Å²) in [5.41, 5.74) is 8.06. The minimum Gasteiger partial charge on any atom is -0.391 e. The summed E-state index contributed by atoms with van der Waals surface area (Å²) in [5, 5.41) is 12.6. The van der Waals surface area contributed by atoms with Crippen LogP contribution in [0.25, 0.3) is 10.4 Å². The number of likely N-dealkylation sites (N-methyl/N-ethyl adjacent to an activating group) is 1. The van der Waals surface area contributed by atoms with Gasteiger partial charge in [0.15, 0.2) is 0 Å². The number of likely N-dealkylation sites (tertiary alicyclic amines) is 1. The summed E-state index contributed by atoms with van der Waals surface area (Å²) < 4.78 is 0. The van der Waals surface area contributed by atoms with Crippen LogP contribution in [0.1, 0.15) is 0 Å². The summed E-state index contributed by atoms with van der Waals surface area (Å²) in [4.78, 5) is 4.58. The minimum atomic E-state index is -0.485. The Bertz CT molecular complexity index is 165. The van der Waals surface area contributed by atoms with Gasteiger partial charge >= 0.3 is 0 Å². The van der Waals surface area contributed by atoms with Crippen LogP contribution in [0.3, 0.4) is 0 Å². The molecule has 0 saturated carbocycles. The highest BCUT2D eigenvalue weighted by Gasteiger charge is 2.27. The zero-order valence-electron chi connectivity index (χ0n) is 5.80. The first-order chi connectivity index (χ1) is 4.74. The summed E-state index contributed by atoms with van der Waals surface area (Å²) in [6.45, 7) is 1.26. The second-order valence-electron chi connectivity index (χ2n) is 2.56. The third kappa shape index (κ3) is 1.39. The Hall–Kier alpha value is -0.770. The van der Waals surface area contributed by atoms with Crippen molar-refractivity contribution in [1.82, 2.24) is 4.90 Å². The van der Waals surface area contributed by atoms with Crippen LogP contribution >= 0.6 is 0 Å². The zero-order chi connectivity index (χ0) is 7.56. The van der Waals surface area contributed by atoms with E-state index in [-0.39, 0.29) is 6.04 Å². The zero-order valence-corrected chi connectivity index (χ0v) is 5.80. The van der Waals surface area contributed by atoms with Crippen molar-refractivity contribution in [2.45, 2.75) is 12.1 Å². The third-order valence-electron chi connectivity index (χ3n) is 1.64. The van der Waals surface area contributed by atoms with Crippen LogP contribution in [0, 0.1) is 0 Å². The number of hydrogen-bond acceptors (Lipinski definition) is 3. The average Bonchev–Trinajstić information content (AvgIpc) is 2.13. The van der Waals surface area contributed by atoms with Gasteiger partial charge in [0, 0.05) is 18.0 Å². The Morgan fingerprint density at radius 1 is 1.70 bits per heavy atom. The highest BCUT2D eigenvalue weighted by molar-refractivity contribution is 4.87. The standard InChI is InChI=1S/C5H10N4O/c1-9-2-4(7-8-6)5(10)3-9/h4-5,10H,2-3H2,1H3/t4-,5-/m1/s1. The van der Waals surface area contributed by atoms with E-state index in [2.05, 4.69) is 10.0 Å². The highest BCUT2D eigenvalue weighted by Crippen LogP contribution is 2.10. The van der Waals surface area contributed by atoms with Crippen molar-refractivity contribution in [3.63, 3.8) is 0 Å². The van der Waals surface area contributed by atoms with Crippen LogP contribution in [0.15, 0.2) is 5.11 Å². The van der Waals surface area contributed by atoms with Gasteiger partial charge < -0.3 is 10.0 Å². The molecular weight excluding hydrogens is 132 g/mol. The molecule has 10 heavy (non-hydrogen) atoms. The summed E-state index contributed by atoms with van der Waals surface area (Å²) >= 11 is 0. The normalized spacial score (nSPS) is 33.8. The molecule has 0 bridgehead atoms. The van der Waals surface area contributed by atoms with Crippen molar-refractivity contribution in [2.75, 3.05) is 20.1 Å². The molecule has 0 aromatic carbocycles.